The van der Waals surface area contributed by atoms with Crippen LogP contribution in [0.2, 0.25) is 0 Å². The van der Waals surface area contributed by atoms with Crippen molar-refractivity contribution < 1.29 is 19.4 Å². The van der Waals surface area contributed by atoms with Crippen molar-refractivity contribution in [2.45, 2.75) is 38.4 Å². The van der Waals surface area contributed by atoms with Crippen LogP contribution in [0.5, 0.6) is 0 Å². The molecule has 1 aliphatic heterocycles. The molecule has 1 N–H and O–H groups in total. The van der Waals surface area contributed by atoms with Crippen LogP contribution in [0.4, 0.5) is 0 Å². The molecule has 0 amide bonds. The van der Waals surface area contributed by atoms with Crippen LogP contribution >= 0.6 is 0 Å². The molecule has 0 aromatic rings. The maximum absolute atomic E-state index is 11.5. The SMILES string of the molecule is CC1C(=O)OC2C[C@](C)(O)C(=O)CC21. The topological polar surface area (TPSA) is 63.6 Å². The van der Waals surface area contributed by atoms with Crippen LogP contribution in [0.15, 0.2) is 0 Å². The summed E-state index contributed by atoms with van der Waals surface area (Å²) in [5.41, 5.74) is -1.31. The Kier molecular flexibility index (Phi) is 1.93. The van der Waals surface area contributed by atoms with Crippen LogP contribution < -0.4 is 0 Å². The number of esters is 1. The highest BCUT2D eigenvalue weighted by Gasteiger charge is 2.51. The number of carbonyl (C=O) groups excluding carboxylic acids is 2. The monoisotopic (exact) mass is 198 g/mol. The van der Waals surface area contributed by atoms with Crippen LogP contribution in [0.25, 0.3) is 0 Å². The first-order valence-corrected chi connectivity index (χ1v) is 4.88. The lowest BCUT2D eigenvalue weighted by atomic mass is 9.74. The van der Waals surface area contributed by atoms with E-state index in [9.17, 15) is 14.7 Å². The maximum Gasteiger partial charge on any atom is 0.309 e. The minimum absolute atomic E-state index is 0.0322. The van der Waals surface area contributed by atoms with Crippen LogP contribution in [-0.2, 0) is 14.3 Å². The quantitative estimate of drug-likeness (QED) is 0.568. The summed E-state index contributed by atoms with van der Waals surface area (Å²) in [7, 11) is 0. The Morgan fingerprint density at radius 2 is 2.14 bits per heavy atom. The van der Waals surface area contributed by atoms with Gasteiger partial charge in [0.15, 0.2) is 5.78 Å². The van der Waals surface area contributed by atoms with E-state index in [0.717, 1.165) is 0 Å². The lowest BCUT2D eigenvalue weighted by Crippen LogP contribution is -2.47. The summed E-state index contributed by atoms with van der Waals surface area (Å²) >= 11 is 0. The van der Waals surface area contributed by atoms with Crippen LogP contribution in [-0.4, -0.2) is 28.6 Å². The van der Waals surface area contributed by atoms with Crippen molar-refractivity contribution in [3.05, 3.63) is 0 Å². The molecule has 1 saturated heterocycles. The number of Topliss-reactive ketones (excluding diaryl/α,β-unsaturated/α-hetero) is 1. The molecule has 0 bridgehead atoms. The molecule has 2 fully saturated rings. The zero-order valence-corrected chi connectivity index (χ0v) is 8.32. The molecule has 2 rings (SSSR count). The Bertz CT molecular complexity index is 294. The Labute approximate surface area is 82.2 Å². The van der Waals surface area contributed by atoms with Crippen molar-refractivity contribution in [3.8, 4) is 0 Å². The molecule has 1 saturated carbocycles. The number of aliphatic hydroxyl groups is 1. The standard InChI is InChI=1S/C10H14O4/c1-5-6-3-8(11)10(2,13)4-7(6)14-9(5)12/h5-7,13H,3-4H2,1-2H3/t5?,6?,7?,10-/m0/s1. The second-order valence-corrected chi connectivity index (χ2v) is 4.53. The van der Waals surface area contributed by atoms with Crippen molar-refractivity contribution in [1.29, 1.82) is 0 Å². The van der Waals surface area contributed by atoms with Gasteiger partial charge in [0, 0.05) is 18.8 Å². The summed E-state index contributed by atoms with van der Waals surface area (Å²) in [6.07, 6.45) is 0.224. The summed E-state index contributed by atoms with van der Waals surface area (Å²) in [4.78, 5) is 22.7. The molecule has 0 aromatic heterocycles. The lowest BCUT2D eigenvalue weighted by Gasteiger charge is -2.33. The van der Waals surface area contributed by atoms with Crippen molar-refractivity contribution in [2.75, 3.05) is 0 Å². The first kappa shape index (κ1) is 9.65. The van der Waals surface area contributed by atoms with Crippen molar-refractivity contribution in [1.82, 2.24) is 0 Å². The average Bonchev–Trinajstić information content (AvgIpc) is 2.31. The molecule has 4 nitrogen and oxygen atoms in total. The zero-order valence-electron chi connectivity index (χ0n) is 8.32. The van der Waals surface area contributed by atoms with Crippen LogP contribution in [0.1, 0.15) is 26.7 Å². The number of rotatable bonds is 0. The summed E-state index contributed by atoms with van der Waals surface area (Å²) in [6.45, 7) is 3.27. The van der Waals surface area contributed by atoms with E-state index in [0.29, 0.717) is 0 Å². The number of hydrogen-bond donors (Lipinski definition) is 1. The van der Waals surface area contributed by atoms with E-state index in [-0.39, 0.29) is 42.5 Å². The minimum Gasteiger partial charge on any atom is -0.462 e. The molecule has 78 valence electrons. The summed E-state index contributed by atoms with van der Waals surface area (Å²) in [6, 6.07) is 0. The third kappa shape index (κ3) is 1.25. The number of fused-ring (bicyclic) bond motifs is 1. The first-order chi connectivity index (χ1) is 6.42. The van der Waals surface area contributed by atoms with Gasteiger partial charge < -0.3 is 9.84 Å². The molecule has 14 heavy (non-hydrogen) atoms. The largest absolute Gasteiger partial charge is 0.462 e. The molecule has 4 heteroatoms. The lowest BCUT2D eigenvalue weighted by molar-refractivity contribution is -0.153. The summed E-state index contributed by atoms with van der Waals surface area (Å²) in [5, 5.41) is 9.72. The van der Waals surface area contributed by atoms with Gasteiger partial charge in [-0.1, -0.05) is 6.92 Å². The highest BCUT2D eigenvalue weighted by atomic mass is 16.6. The van der Waals surface area contributed by atoms with Crippen molar-refractivity contribution in [2.24, 2.45) is 11.8 Å². The van der Waals surface area contributed by atoms with E-state index in [1.807, 2.05) is 0 Å². The van der Waals surface area contributed by atoms with E-state index in [1.165, 1.54) is 6.92 Å². The Morgan fingerprint density at radius 1 is 1.50 bits per heavy atom. The van der Waals surface area contributed by atoms with Gasteiger partial charge in [-0.25, -0.2) is 0 Å². The second kappa shape index (κ2) is 2.79. The van der Waals surface area contributed by atoms with Gasteiger partial charge in [-0.15, -0.1) is 0 Å². The van der Waals surface area contributed by atoms with Gasteiger partial charge in [-0.3, -0.25) is 9.59 Å². The van der Waals surface area contributed by atoms with Crippen LogP contribution in [0, 0.1) is 11.8 Å². The predicted octanol–water partition coefficient (Wildman–Crippen LogP) is 0.278. The second-order valence-electron chi connectivity index (χ2n) is 4.53. The Hall–Kier alpha value is -0.900. The Balaban J connectivity index is 2.22. The highest BCUT2D eigenvalue weighted by molar-refractivity contribution is 5.89. The van der Waals surface area contributed by atoms with E-state index in [1.54, 1.807) is 6.92 Å². The number of ether oxygens (including phenoxy) is 1. The van der Waals surface area contributed by atoms with Gasteiger partial charge >= 0.3 is 5.97 Å². The van der Waals surface area contributed by atoms with Gasteiger partial charge in [0.05, 0.1) is 5.92 Å². The van der Waals surface area contributed by atoms with Gasteiger partial charge in [-0.05, 0) is 6.92 Å². The molecular weight excluding hydrogens is 184 g/mol. The van der Waals surface area contributed by atoms with E-state index in [2.05, 4.69) is 0 Å². The molecule has 4 atom stereocenters. The van der Waals surface area contributed by atoms with Crippen molar-refractivity contribution >= 4 is 11.8 Å². The zero-order chi connectivity index (χ0) is 10.5. The molecule has 0 aromatic carbocycles. The third-order valence-corrected chi connectivity index (χ3v) is 3.38. The van der Waals surface area contributed by atoms with E-state index < -0.39 is 5.60 Å². The van der Waals surface area contributed by atoms with Gasteiger partial charge in [0.1, 0.15) is 11.7 Å². The minimum atomic E-state index is -1.31. The maximum atomic E-state index is 11.5. The molecule has 1 aliphatic carbocycles. The fraction of sp³-hybridized carbons (Fsp3) is 0.800. The number of ketones is 1. The highest BCUT2D eigenvalue weighted by Crippen LogP contribution is 2.40. The fourth-order valence-electron chi connectivity index (χ4n) is 2.28. The average molecular weight is 198 g/mol. The number of hydrogen-bond acceptors (Lipinski definition) is 4. The molecule has 0 spiro atoms. The summed E-state index contributed by atoms with van der Waals surface area (Å²) in [5.74, 6) is -0.662. The van der Waals surface area contributed by atoms with Gasteiger partial charge in [0.2, 0.25) is 0 Å². The smallest absolute Gasteiger partial charge is 0.309 e. The predicted molar refractivity (Wildman–Crippen MR) is 47.4 cm³/mol. The van der Waals surface area contributed by atoms with Gasteiger partial charge in [-0.2, -0.15) is 0 Å². The van der Waals surface area contributed by atoms with Gasteiger partial charge in [0.25, 0.3) is 0 Å². The third-order valence-electron chi connectivity index (χ3n) is 3.38. The fourth-order valence-corrected chi connectivity index (χ4v) is 2.28. The molecule has 3 unspecified atom stereocenters. The molecule has 2 aliphatic rings. The molecule has 1 heterocycles. The first-order valence-electron chi connectivity index (χ1n) is 4.88. The van der Waals surface area contributed by atoms with E-state index in [4.69, 9.17) is 4.74 Å². The number of carbonyl (C=O) groups is 2. The Morgan fingerprint density at radius 3 is 2.79 bits per heavy atom. The van der Waals surface area contributed by atoms with Crippen molar-refractivity contribution in [3.63, 3.8) is 0 Å². The summed E-state index contributed by atoms with van der Waals surface area (Å²) < 4.78 is 5.11. The molecule has 0 radical (unpaired) electrons. The molecular formula is C10H14O4. The normalized spacial score (nSPS) is 47.5. The van der Waals surface area contributed by atoms with Crippen LogP contribution in [0.3, 0.4) is 0 Å². The van der Waals surface area contributed by atoms with E-state index >= 15 is 0 Å².